The Morgan fingerprint density at radius 3 is 2.28 bits per heavy atom. The third-order valence-electron chi connectivity index (χ3n) is 5.39. The van der Waals surface area contributed by atoms with E-state index >= 15 is 0 Å². The SMILES string of the molecule is C[C@@H]1CCc2c1ccc(C(F)(F)F)c2-c1ccc(-c2noc(C(C)(C)O)n2)cc1. The molecule has 152 valence electrons. The van der Waals surface area contributed by atoms with E-state index in [1.165, 1.54) is 19.9 Å². The zero-order valence-corrected chi connectivity index (χ0v) is 16.3. The highest BCUT2D eigenvalue weighted by Gasteiger charge is 2.37. The molecule has 1 N–H and O–H groups in total. The van der Waals surface area contributed by atoms with Crippen molar-refractivity contribution in [2.24, 2.45) is 0 Å². The van der Waals surface area contributed by atoms with Crippen molar-refractivity contribution in [2.45, 2.75) is 51.3 Å². The molecule has 0 fully saturated rings. The largest absolute Gasteiger partial charge is 0.417 e. The fourth-order valence-electron chi connectivity index (χ4n) is 3.85. The van der Waals surface area contributed by atoms with E-state index in [9.17, 15) is 18.3 Å². The zero-order valence-electron chi connectivity index (χ0n) is 16.3. The first-order chi connectivity index (χ1) is 13.6. The first kappa shape index (κ1) is 19.6. The van der Waals surface area contributed by atoms with Gasteiger partial charge in [0.1, 0.15) is 5.60 Å². The summed E-state index contributed by atoms with van der Waals surface area (Å²) in [6, 6.07) is 9.47. The molecular formula is C22H21F3N2O2. The Bertz CT molecular complexity index is 1050. The van der Waals surface area contributed by atoms with Crippen LogP contribution in [0.25, 0.3) is 22.5 Å². The molecular weight excluding hydrogens is 381 g/mol. The second-order valence-corrected chi connectivity index (χ2v) is 8.05. The van der Waals surface area contributed by atoms with E-state index in [2.05, 4.69) is 10.1 Å². The van der Waals surface area contributed by atoms with Gasteiger partial charge in [-0.2, -0.15) is 18.2 Å². The molecule has 2 aromatic carbocycles. The molecule has 0 amide bonds. The number of hydrogen-bond donors (Lipinski definition) is 1. The van der Waals surface area contributed by atoms with Crippen LogP contribution in [0, 0.1) is 0 Å². The summed E-state index contributed by atoms with van der Waals surface area (Å²) in [5.41, 5.74) is 1.27. The van der Waals surface area contributed by atoms with E-state index in [0.717, 1.165) is 17.5 Å². The molecule has 1 aliphatic carbocycles. The summed E-state index contributed by atoms with van der Waals surface area (Å²) >= 11 is 0. The summed E-state index contributed by atoms with van der Waals surface area (Å²) in [6.45, 7) is 5.11. The first-order valence-corrected chi connectivity index (χ1v) is 9.46. The minimum atomic E-state index is -4.43. The maximum Gasteiger partial charge on any atom is 0.417 e. The van der Waals surface area contributed by atoms with Crippen molar-refractivity contribution < 1.29 is 22.8 Å². The minimum Gasteiger partial charge on any atom is -0.381 e. The third kappa shape index (κ3) is 3.55. The molecule has 0 unspecified atom stereocenters. The smallest absolute Gasteiger partial charge is 0.381 e. The van der Waals surface area contributed by atoms with Crippen molar-refractivity contribution in [2.75, 3.05) is 0 Å². The number of aromatic nitrogens is 2. The van der Waals surface area contributed by atoms with Gasteiger partial charge in [0.15, 0.2) is 0 Å². The first-order valence-electron chi connectivity index (χ1n) is 9.46. The normalized spacial score (nSPS) is 16.9. The third-order valence-corrected chi connectivity index (χ3v) is 5.39. The standard InChI is InChI=1S/C22H21F3N2O2/c1-12-4-9-16-15(12)10-11-17(22(23,24)25)18(16)13-5-7-14(8-6-13)19-26-20(29-27-19)21(2,3)28/h5-8,10-12,28H,4,9H2,1-3H3/t12-/m1/s1. The van der Waals surface area contributed by atoms with Crippen molar-refractivity contribution in [3.8, 4) is 22.5 Å². The van der Waals surface area contributed by atoms with Gasteiger partial charge in [-0.3, -0.25) is 0 Å². The minimum absolute atomic E-state index is 0.0748. The zero-order chi connectivity index (χ0) is 21.0. The number of alkyl halides is 3. The lowest BCUT2D eigenvalue weighted by Gasteiger charge is -2.18. The van der Waals surface area contributed by atoms with Gasteiger partial charge in [0.05, 0.1) is 5.56 Å². The molecule has 0 aliphatic heterocycles. The predicted octanol–water partition coefficient (Wildman–Crippen LogP) is 5.70. The number of hydrogen-bond acceptors (Lipinski definition) is 4. The van der Waals surface area contributed by atoms with Crippen LogP contribution in [0.2, 0.25) is 0 Å². The van der Waals surface area contributed by atoms with Crippen molar-refractivity contribution in [1.82, 2.24) is 10.1 Å². The molecule has 0 saturated carbocycles. The van der Waals surface area contributed by atoms with E-state index in [-0.39, 0.29) is 23.2 Å². The predicted molar refractivity (Wildman–Crippen MR) is 102 cm³/mol. The summed E-state index contributed by atoms with van der Waals surface area (Å²) in [7, 11) is 0. The summed E-state index contributed by atoms with van der Waals surface area (Å²) in [4.78, 5) is 4.17. The highest BCUT2D eigenvalue weighted by atomic mass is 19.4. The lowest BCUT2D eigenvalue weighted by Crippen LogP contribution is -2.15. The molecule has 7 heteroatoms. The Morgan fingerprint density at radius 1 is 1.03 bits per heavy atom. The van der Waals surface area contributed by atoms with Gasteiger partial charge in [-0.15, -0.1) is 0 Å². The average Bonchev–Trinajstić information content (AvgIpc) is 3.28. The lowest BCUT2D eigenvalue weighted by molar-refractivity contribution is -0.137. The van der Waals surface area contributed by atoms with Gasteiger partial charge >= 0.3 is 6.18 Å². The van der Waals surface area contributed by atoms with E-state index in [0.29, 0.717) is 17.5 Å². The fraction of sp³-hybridized carbons (Fsp3) is 0.364. The number of benzene rings is 2. The van der Waals surface area contributed by atoms with Crippen molar-refractivity contribution in [1.29, 1.82) is 0 Å². The van der Waals surface area contributed by atoms with Crippen molar-refractivity contribution in [3.63, 3.8) is 0 Å². The average molecular weight is 402 g/mol. The number of halogens is 3. The molecule has 4 rings (SSSR count). The lowest BCUT2D eigenvalue weighted by atomic mass is 9.90. The van der Waals surface area contributed by atoms with Crippen LogP contribution >= 0.6 is 0 Å². The topological polar surface area (TPSA) is 59.2 Å². The number of rotatable bonds is 3. The Kier molecular flexibility index (Phi) is 4.53. The van der Waals surface area contributed by atoms with Gasteiger partial charge in [0.2, 0.25) is 5.82 Å². The van der Waals surface area contributed by atoms with E-state index in [1.807, 2.05) is 6.92 Å². The summed E-state index contributed by atoms with van der Waals surface area (Å²) in [5.74, 6) is 0.604. The molecule has 1 aromatic heterocycles. The van der Waals surface area contributed by atoms with E-state index < -0.39 is 17.3 Å². The van der Waals surface area contributed by atoms with Gasteiger partial charge in [-0.05, 0) is 60.9 Å². The van der Waals surface area contributed by atoms with Crippen LogP contribution < -0.4 is 0 Å². The molecule has 1 aliphatic rings. The Hall–Kier alpha value is -2.67. The molecule has 1 atom stereocenters. The molecule has 1 heterocycles. The Morgan fingerprint density at radius 2 is 1.69 bits per heavy atom. The van der Waals surface area contributed by atoms with Gasteiger partial charge in [-0.1, -0.05) is 42.4 Å². The van der Waals surface area contributed by atoms with Gasteiger partial charge in [0, 0.05) is 5.56 Å². The maximum atomic E-state index is 13.7. The summed E-state index contributed by atoms with van der Waals surface area (Å²) in [5, 5.41) is 13.8. The van der Waals surface area contributed by atoms with Crippen molar-refractivity contribution >= 4 is 0 Å². The second-order valence-electron chi connectivity index (χ2n) is 8.05. The number of fused-ring (bicyclic) bond motifs is 1. The van der Waals surface area contributed by atoms with E-state index in [1.54, 1.807) is 30.3 Å². The molecule has 0 bridgehead atoms. The van der Waals surface area contributed by atoms with Crippen LogP contribution in [0.15, 0.2) is 40.9 Å². The summed E-state index contributed by atoms with van der Waals surface area (Å²) in [6.07, 6.45) is -2.94. The van der Waals surface area contributed by atoms with Crippen LogP contribution in [0.5, 0.6) is 0 Å². The Labute approximate surface area is 166 Å². The second kappa shape index (κ2) is 6.69. The molecule has 29 heavy (non-hydrogen) atoms. The quantitative estimate of drug-likeness (QED) is 0.611. The molecule has 0 spiro atoms. The monoisotopic (exact) mass is 402 g/mol. The molecule has 0 radical (unpaired) electrons. The molecule has 4 nitrogen and oxygen atoms in total. The molecule has 3 aromatic rings. The van der Waals surface area contributed by atoms with Crippen LogP contribution in [0.1, 0.15) is 55.7 Å². The van der Waals surface area contributed by atoms with E-state index in [4.69, 9.17) is 4.52 Å². The molecule has 0 saturated heterocycles. The summed E-state index contributed by atoms with van der Waals surface area (Å²) < 4.78 is 46.2. The van der Waals surface area contributed by atoms with Crippen LogP contribution in [0.3, 0.4) is 0 Å². The highest BCUT2D eigenvalue weighted by Crippen LogP contribution is 2.45. The van der Waals surface area contributed by atoms with Gasteiger partial charge < -0.3 is 9.63 Å². The Balaban J connectivity index is 1.78. The number of nitrogens with zero attached hydrogens (tertiary/aromatic N) is 2. The van der Waals surface area contributed by atoms with Crippen molar-refractivity contribution in [3.05, 3.63) is 59.0 Å². The van der Waals surface area contributed by atoms with Gasteiger partial charge in [0.25, 0.3) is 5.89 Å². The van der Waals surface area contributed by atoms with Crippen LogP contribution in [0.4, 0.5) is 13.2 Å². The van der Waals surface area contributed by atoms with Gasteiger partial charge in [-0.25, -0.2) is 0 Å². The maximum absolute atomic E-state index is 13.7. The highest BCUT2D eigenvalue weighted by molar-refractivity contribution is 5.76. The fourth-order valence-corrected chi connectivity index (χ4v) is 3.85. The number of aliphatic hydroxyl groups is 1. The van der Waals surface area contributed by atoms with Crippen LogP contribution in [-0.4, -0.2) is 15.2 Å². The van der Waals surface area contributed by atoms with Crippen LogP contribution in [-0.2, 0) is 18.2 Å².